The molecule has 0 bridgehead atoms. The topological polar surface area (TPSA) is 79.5 Å². The SMILES string of the molecule is COc1ccc(C)cc1NC(=O)CNc1ccccc1C(=O)NCc1ccccc1. The van der Waals surface area contributed by atoms with Gasteiger partial charge >= 0.3 is 0 Å². The Hall–Kier alpha value is -3.80. The Kier molecular flexibility index (Phi) is 7.05. The number of hydrogen-bond acceptors (Lipinski definition) is 4. The van der Waals surface area contributed by atoms with E-state index in [-0.39, 0.29) is 18.4 Å². The van der Waals surface area contributed by atoms with Crippen molar-refractivity contribution in [3.8, 4) is 5.75 Å². The quantitative estimate of drug-likeness (QED) is 0.531. The number of ether oxygens (including phenoxy) is 1. The average molecular weight is 403 g/mol. The first-order chi connectivity index (χ1) is 14.6. The maximum absolute atomic E-state index is 12.6. The number of carbonyl (C=O) groups excluding carboxylic acids is 2. The maximum atomic E-state index is 12.6. The molecule has 6 nitrogen and oxygen atoms in total. The molecule has 0 radical (unpaired) electrons. The Morgan fingerprint density at radius 1 is 0.900 bits per heavy atom. The number of aryl methyl sites for hydroxylation is 1. The summed E-state index contributed by atoms with van der Waals surface area (Å²) in [6.45, 7) is 2.39. The van der Waals surface area contributed by atoms with Crippen molar-refractivity contribution in [3.05, 3.63) is 89.5 Å². The van der Waals surface area contributed by atoms with E-state index in [4.69, 9.17) is 4.74 Å². The Morgan fingerprint density at radius 3 is 2.40 bits per heavy atom. The number of para-hydroxylation sites is 1. The van der Waals surface area contributed by atoms with E-state index in [0.29, 0.717) is 29.2 Å². The number of hydrogen-bond donors (Lipinski definition) is 3. The highest BCUT2D eigenvalue weighted by atomic mass is 16.5. The molecule has 2 amide bonds. The van der Waals surface area contributed by atoms with Crippen molar-refractivity contribution in [1.29, 1.82) is 0 Å². The highest BCUT2D eigenvalue weighted by Crippen LogP contribution is 2.25. The van der Waals surface area contributed by atoms with Crippen LogP contribution in [0.2, 0.25) is 0 Å². The van der Waals surface area contributed by atoms with Gasteiger partial charge in [0.25, 0.3) is 5.91 Å². The summed E-state index contributed by atoms with van der Waals surface area (Å²) < 4.78 is 5.29. The predicted octanol–water partition coefficient (Wildman–Crippen LogP) is 3.98. The first kappa shape index (κ1) is 20.9. The lowest BCUT2D eigenvalue weighted by Gasteiger charge is -2.14. The lowest BCUT2D eigenvalue weighted by Crippen LogP contribution is -2.26. The van der Waals surface area contributed by atoms with E-state index in [1.165, 1.54) is 0 Å². The van der Waals surface area contributed by atoms with Gasteiger partial charge in [0, 0.05) is 12.2 Å². The van der Waals surface area contributed by atoms with E-state index in [1.807, 2.05) is 61.5 Å². The van der Waals surface area contributed by atoms with Gasteiger partial charge in [-0.1, -0.05) is 48.5 Å². The third-order valence-corrected chi connectivity index (χ3v) is 4.54. The van der Waals surface area contributed by atoms with Crippen LogP contribution in [-0.4, -0.2) is 25.5 Å². The molecule has 0 saturated heterocycles. The fourth-order valence-corrected chi connectivity index (χ4v) is 3.00. The molecule has 0 atom stereocenters. The molecule has 0 saturated carbocycles. The largest absolute Gasteiger partial charge is 0.495 e. The second kappa shape index (κ2) is 10.1. The molecule has 6 heteroatoms. The molecule has 0 aliphatic heterocycles. The molecule has 3 N–H and O–H groups in total. The smallest absolute Gasteiger partial charge is 0.253 e. The maximum Gasteiger partial charge on any atom is 0.253 e. The van der Waals surface area contributed by atoms with Gasteiger partial charge in [0.05, 0.1) is 24.9 Å². The monoisotopic (exact) mass is 403 g/mol. The van der Waals surface area contributed by atoms with Gasteiger partial charge in [0.1, 0.15) is 5.75 Å². The second-order valence-corrected chi connectivity index (χ2v) is 6.82. The van der Waals surface area contributed by atoms with Gasteiger partial charge in [0.2, 0.25) is 5.91 Å². The first-order valence-electron chi connectivity index (χ1n) is 9.66. The minimum atomic E-state index is -0.238. The van der Waals surface area contributed by atoms with Gasteiger partial charge in [0.15, 0.2) is 0 Å². The minimum Gasteiger partial charge on any atom is -0.495 e. The Bertz CT molecular complexity index is 1020. The molecule has 0 unspecified atom stereocenters. The molecule has 154 valence electrons. The van der Waals surface area contributed by atoms with E-state index in [1.54, 1.807) is 25.3 Å². The normalized spacial score (nSPS) is 10.2. The van der Waals surface area contributed by atoms with Crippen LogP contribution in [0.4, 0.5) is 11.4 Å². The molecule has 0 fully saturated rings. The van der Waals surface area contributed by atoms with Gasteiger partial charge < -0.3 is 20.7 Å². The molecular formula is C24H25N3O3. The molecule has 0 spiro atoms. The van der Waals surface area contributed by atoms with Crippen molar-refractivity contribution >= 4 is 23.2 Å². The Labute approximate surface area is 176 Å². The molecule has 3 aromatic rings. The van der Waals surface area contributed by atoms with E-state index in [0.717, 1.165) is 11.1 Å². The number of amides is 2. The van der Waals surface area contributed by atoms with Crippen LogP contribution in [0, 0.1) is 6.92 Å². The number of nitrogens with one attached hydrogen (secondary N) is 3. The summed E-state index contributed by atoms with van der Waals surface area (Å²) in [7, 11) is 1.56. The third-order valence-electron chi connectivity index (χ3n) is 4.54. The average Bonchev–Trinajstić information content (AvgIpc) is 2.77. The fourth-order valence-electron chi connectivity index (χ4n) is 3.00. The van der Waals surface area contributed by atoms with Crippen LogP contribution in [0.25, 0.3) is 0 Å². The molecule has 0 aliphatic carbocycles. The number of benzene rings is 3. The highest BCUT2D eigenvalue weighted by molar-refractivity contribution is 6.01. The lowest BCUT2D eigenvalue weighted by atomic mass is 10.1. The van der Waals surface area contributed by atoms with Crippen LogP contribution in [0.5, 0.6) is 5.75 Å². The summed E-state index contributed by atoms with van der Waals surface area (Å²) >= 11 is 0. The van der Waals surface area contributed by atoms with E-state index >= 15 is 0 Å². The third kappa shape index (κ3) is 5.61. The van der Waals surface area contributed by atoms with Crippen LogP contribution >= 0.6 is 0 Å². The predicted molar refractivity (Wildman–Crippen MR) is 119 cm³/mol. The van der Waals surface area contributed by atoms with E-state index < -0.39 is 0 Å². The molecular weight excluding hydrogens is 378 g/mol. The second-order valence-electron chi connectivity index (χ2n) is 6.82. The lowest BCUT2D eigenvalue weighted by molar-refractivity contribution is -0.114. The van der Waals surface area contributed by atoms with Crippen molar-refractivity contribution in [3.63, 3.8) is 0 Å². The van der Waals surface area contributed by atoms with Crippen molar-refractivity contribution in [2.24, 2.45) is 0 Å². The fraction of sp³-hybridized carbons (Fsp3) is 0.167. The van der Waals surface area contributed by atoms with Crippen LogP contribution in [0.3, 0.4) is 0 Å². The van der Waals surface area contributed by atoms with Gasteiger partial charge in [-0.15, -0.1) is 0 Å². The highest BCUT2D eigenvalue weighted by Gasteiger charge is 2.13. The minimum absolute atomic E-state index is 0.0140. The number of rotatable bonds is 8. The molecule has 0 aliphatic rings. The van der Waals surface area contributed by atoms with E-state index in [9.17, 15) is 9.59 Å². The Morgan fingerprint density at radius 2 is 1.63 bits per heavy atom. The molecule has 0 heterocycles. The van der Waals surface area contributed by atoms with Crippen molar-refractivity contribution in [2.45, 2.75) is 13.5 Å². The first-order valence-corrected chi connectivity index (χ1v) is 9.66. The molecule has 30 heavy (non-hydrogen) atoms. The summed E-state index contributed by atoms with van der Waals surface area (Å²) in [4.78, 5) is 25.1. The number of carbonyl (C=O) groups is 2. The van der Waals surface area contributed by atoms with Crippen LogP contribution < -0.4 is 20.7 Å². The van der Waals surface area contributed by atoms with Crippen LogP contribution in [0.1, 0.15) is 21.5 Å². The number of anilines is 2. The molecule has 0 aromatic heterocycles. The van der Waals surface area contributed by atoms with E-state index in [2.05, 4.69) is 16.0 Å². The molecule has 3 rings (SSSR count). The Balaban J connectivity index is 1.61. The van der Waals surface area contributed by atoms with Gasteiger partial charge in [-0.25, -0.2) is 0 Å². The van der Waals surface area contributed by atoms with Crippen molar-refractivity contribution in [1.82, 2.24) is 5.32 Å². The van der Waals surface area contributed by atoms with Crippen LogP contribution in [-0.2, 0) is 11.3 Å². The zero-order chi connectivity index (χ0) is 21.3. The van der Waals surface area contributed by atoms with Crippen molar-refractivity contribution in [2.75, 3.05) is 24.3 Å². The summed E-state index contributed by atoms with van der Waals surface area (Å²) in [6, 6.07) is 22.4. The van der Waals surface area contributed by atoms with Gasteiger partial charge in [-0.05, 0) is 42.3 Å². The molecule has 3 aromatic carbocycles. The summed E-state index contributed by atoms with van der Waals surface area (Å²) in [5.74, 6) is 0.149. The van der Waals surface area contributed by atoms with Gasteiger partial charge in [-0.2, -0.15) is 0 Å². The van der Waals surface area contributed by atoms with Crippen LogP contribution in [0.15, 0.2) is 72.8 Å². The van der Waals surface area contributed by atoms with Crippen molar-refractivity contribution < 1.29 is 14.3 Å². The summed E-state index contributed by atoms with van der Waals surface area (Å²) in [5, 5.41) is 8.80. The zero-order valence-electron chi connectivity index (χ0n) is 17.1. The number of methoxy groups -OCH3 is 1. The summed E-state index contributed by atoms with van der Waals surface area (Å²) in [5.41, 5.74) is 3.71. The summed E-state index contributed by atoms with van der Waals surface area (Å²) in [6.07, 6.45) is 0. The zero-order valence-corrected chi connectivity index (χ0v) is 17.1. The van der Waals surface area contributed by atoms with Gasteiger partial charge in [-0.3, -0.25) is 9.59 Å². The standard InChI is InChI=1S/C24H25N3O3/c1-17-12-13-22(30-2)21(14-17)27-23(28)16-25-20-11-7-6-10-19(20)24(29)26-15-18-8-4-3-5-9-18/h3-14,25H,15-16H2,1-2H3,(H,26,29)(H,27,28).